The molecule has 0 spiro atoms. The van der Waals surface area contributed by atoms with Gasteiger partial charge >= 0.3 is 0 Å². The van der Waals surface area contributed by atoms with Gasteiger partial charge in [0.1, 0.15) is 5.82 Å². The molecule has 25 heavy (non-hydrogen) atoms. The third-order valence-corrected chi connectivity index (χ3v) is 3.91. The van der Waals surface area contributed by atoms with Crippen LogP contribution >= 0.6 is 0 Å². The second kappa shape index (κ2) is 8.94. The van der Waals surface area contributed by atoms with Crippen LogP contribution in [0.25, 0.3) is 0 Å². The molecule has 0 heterocycles. The largest absolute Gasteiger partial charge is 0.388 e. The Labute approximate surface area is 145 Å². The molecule has 0 aliphatic rings. The topological polar surface area (TPSA) is 92.4 Å². The van der Waals surface area contributed by atoms with Gasteiger partial charge < -0.3 is 16.2 Å². The molecule has 2 aromatic carbocycles. The predicted molar refractivity (Wildman–Crippen MR) is 91.8 cm³/mol. The third-order valence-electron chi connectivity index (χ3n) is 3.91. The van der Waals surface area contributed by atoms with Gasteiger partial charge in [0.05, 0.1) is 18.4 Å². The number of hydrogen-bond acceptors (Lipinski definition) is 3. The SMILES string of the molecule is NC(=O)C(CNC(=O)CC(O)c1ccccc1)Cc1ccc(F)cc1. The zero-order valence-corrected chi connectivity index (χ0v) is 13.7. The van der Waals surface area contributed by atoms with E-state index in [9.17, 15) is 19.1 Å². The molecule has 0 saturated heterocycles. The minimum atomic E-state index is -0.912. The first-order valence-electron chi connectivity index (χ1n) is 7.99. The Hall–Kier alpha value is -2.73. The van der Waals surface area contributed by atoms with Crippen molar-refractivity contribution in [2.75, 3.05) is 6.54 Å². The van der Waals surface area contributed by atoms with Crippen molar-refractivity contribution in [2.45, 2.75) is 18.9 Å². The van der Waals surface area contributed by atoms with Crippen LogP contribution in [0.2, 0.25) is 0 Å². The lowest BCUT2D eigenvalue weighted by Gasteiger charge is -2.16. The van der Waals surface area contributed by atoms with Gasteiger partial charge in [-0.3, -0.25) is 9.59 Å². The van der Waals surface area contributed by atoms with Gasteiger partial charge in [0.25, 0.3) is 0 Å². The number of amides is 2. The van der Waals surface area contributed by atoms with Crippen molar-refractivity contribution in [1.29, 1.82) is 0 Å². The lowest BCUT2D eigenvalue weighted by atomic mass is 9.98. The van der Waals surface area contributed by atoms with E-state index in [2.05, 4.69) is 5.32 Å². The maximum Gasteiger partial charge on any atom is 0.222 e. The van der Waals surface area contributed by atoms with Gasteiger partial charge in [0.2, 0.25) is 11.8 Å². The first kappa shape index (κ1) is 18.6. The van der Waals surface area contributed by atoms with Gasteiger partial charge in [-0.25, -0.2) is 4.39 Å². The van der Waals surface area contributed by atoms with Gasteiger partial charge in [-0.05, 0) is 29.7 Å². The van der Waals surface area contributed by atoms with Crippen LogP contribution in [0, 0.1) is 11.7 Å². The van der Waals surface area contributed by atoms with E-state index >= 15 is 0 Å². The zero-order valence-electron chi connectivity index (χ0n) is 13.7. The predicted octanol–water partition coefficient (Wildman–Crippen LogP) is 1.71. The van der Waals surface area contributed by atoms with E-state index in [4.69, 9.17) is 5.73 Å². The molecule has 2 aromatic rings. The first-order valence-corrected chi connectivity index (χ1v) is 7.99. The minimum absolute atomic E-state index is 0.0626. The lowest BCUT2D eigenvalue weighted by Crippen LogP contribution is -2.37. The fourth-order valence-electron chi connectivity index (χ4n) is 2.46. The van der Waals surface area contributed by atoms with E-state index in [0.717, 1.165) is 5.56 Å². The van der Waals surface area contributed by atoms with Crippen molar-refractivity contribution in [3.63, 3.8) is 0 Å². The molecular formula is C19H21FN2O3. The van der Waals surface area contributed by atoms with Crippen molar-refractivity contribution in [2.24, 2.45) is 11.7 Å². The highest BCUT2D eigenvalue weighted by molar-refractivity contribution is 5.80. The molecule has 0 aliphatic heterocycles. The van der Waals surface area contributed by atoms with Gasteiger partial charge in [-0.1, -0.05) is 42.5 Å². The van der Waals surface area contributed by atoms with Crippen LogP contribution in [0.15, 0.2) is 54.6 Å². The molecule has 0 fully saturated rings. The van der Waals surface area contributed by atoms with Crippen molar-refractivity contribution < 1.29 is 19.1 Å². The van der Waals surface area contributed by atoms with Gasteiger partial charge in [0, 0.05) is 6.54 Å². The smallest absolute Gasteiger partial charge is 0.222 e. The molecular weight excluding hydrogens is 323 g/mol. The summed E-state index contributed by atoms with van der Waals surface area (Å²) in [5.74, 6) is -1.89. The summed E-state index contributed by atoms with van der Waals surface area (Å²) in [6.07, 6.45) is -0.714. The first-order chi connectivity index (χ1) is 12.0. The second-order valence-electron chi connectivity index (χ2n) is 5.86. The molecule has 0 aliphatic carbocycles. The highest BCUT2D eigenvalue weighted by atomic mass is 19.1. The number of halogens is 1. The Kier molecular flexibility index (Phi) is 6.65. The molecule has 132 valence electrons. The average molecular weight is 344 g/mol. The maximum absolute atomic E-state index is 12.9. The molecule has 6 heteroatoms. The highest BCUT2D eigenvalue weighted by Crippen LogP contribution is 2.16. The monoisotopic (exact) mass is 344 g/mol. The number of rotatable bonds is 8. The fourth-order valence-corrected chi connectivity index (χ4v) is 2.46. The van der Waals surface area contributed by atoms with Crippen LogP contribution < -0.4 is 11.1 Å². The molecule has 2 rings (SSSR count). The van der Waals surface area contributed by atoms with Gasteiger partial charge in [0.15, 0.2) is 0 Å². The summed E-state index contributed by atoms with van der Waals surface area (Å²) in [5.41, 5.74) is 6.78. The number of carbonyl (C=O) groups excluding carboxylic acids is 2. The number of aliphatic hydroxyl groups is 1. The summed E-state index contributed by atoms with van der Waals surface area (Å²) in [6.45, 7) is 0.0626. The highest BCUT2D eigenvalue weighted by Gasteiger charge is 2.19. The Bertz CT molecular complexity index is 704. The molecule has 4 N–H and O–H groups in total. The van der Waals surface area contributed by atoms with Crippen molar-refractivity contribution in [3.8, 4) is 0 Å². The quantitative estimate of drug-likeness (QED) is 0.681. The average Bonchev–Trinajstić information content (AvgIpc) is 2.60. The summed E-state index contributed by atoms with van der Waals surface area (Å²) >= 11 is 0. The van der Waals surface area contributed by atoms with E-state index in [-0.39, 0.29) is 24.7 Å². The molecule has 0 aromatic heterocycles. The van der Waals surface area contributed by atoms with Crippen molar-refractivity contribution >= 4 is 11.8 Å². The van der Waals surface area contributed by atoms with Crippen molar-refractivity contribution in [3.05, 3.63) is 71.5 Å². The van der Waals surface area contributed by atoms with Gasteiger partial charge in [-0.15, -0.1) is 0 Å². The Morgan fingerprint density at radius 2 is 1.72 bits per heavy atom. The molecule has 2 amide bonds. The summed E-state index contributed by atoms with van der Waals surface area (Å²) in [6, 6.07) is 14.6. The minimum Gasteiger partial charge on any atom is -0.388 e. The summed E-state index contributed by atoms with van der Waals surface area (Å²) in [4.78, 5) is 23.6. The number of nitrogens with one attached hydrogen (secondary N) is 1. The number of nitrogens with two attached hydrogens (primary N) is 1. The molecule has 0 saturated carbocycles. The van der Waals surface area contributed by atoms with E-state index in [1.54, 1.807) is 36.4 Å². The Morgan fingerprint density at radius 1 is 1.08 bits per heavy atom. The second-order valence-corrected chi connectivity index (χ2v) is 5.86. The van der Waals surface area contributed by atoms with E-state index in [1.165, 1.54) is 12.1 Å². The third kappa shape index (κ3) is 6.00. The summed E-state index contributed by atoms with van der Waals surface area (Å²) < 4.78 is 12.9. The van der Waals surface area contributed by atoms with Gasteiger partial charge in [-0.2, -0.15) is 0 Å². The number of hydrogen-bond donors (Lipinski definition) is 3. The molecule has 5 nitrogen and oxygen atoms in total. The summed E-state index contributed by atoms with van der Waals surface area (Å²) in [7, 11) is 0. The molecule has 0 radical (unpaired) electrons. The molecule has 2 unspecified atom stereocenters. The Morgan fingerprint density at radius 3 is 2.32 bits per heavy atom. The molecule has 0 bridgehead atoms. The van der Waals surface area contributed by atoms with E-state index in [1.807, 2.05) is 6.07 Å². The van der Waals surface area contributed by atoms with E-state index < -0.39 is 17.9 Å². The van der Waals surface area contributed by atoms with Crippen LogP contribution in [0.5, 0.6) is 0 Å². The molecule has 2 atom stereocenters. The van der Waals surface area contributed by atoms with Crippen LogP contribution in [0.3, 0.4) is 0 Å². The Balaban J connectivity index is 1.86. The van der Waals surface area contributed by atoms with Crippen molar-refractivity contribution in [1.82, 2.24) is 5.32 Å². The standard InChI is InChI=1S/C19H21FN2O3/c20-16-8-6-13(7-9-16)10-15(19(21)25)12-22-18(24)11-17(23)14-4-2-1-3-5-14/h1-9,15,17,23H,10-12H2,(H2,21,25)(H,22,24). The number of benzene rings is 2. The lowest BCUT2D eigenvalue weighted by molar-refractivity contribution is -0.124. The summed E-state index contributed by atoms with van der Waals surface area (Å²) in [5, 5.41) is 12.7. The maximum atomic E-state index is 12.9. The van der Waals surface area contributed by atoms with Crippen LogP contribution in [0.1, 0.15) is 23.7 Å². The fraction of sp³-hybridized carbons (Fsp3) is 0.263. The van der Waals surface area contributed by atoms with Crippen LogP contribution in [-0.2, 0) is 16.0 Å². The normalized spacial score (nSPS) is 13.0. The number of carbonyl (C=O) groups is 2. The number of aliphatic hydroxyl groups excluding tert-OH is 1. The van der Waals surface area contributed by atoms with E-state index in [0.29, 0.717) is 12.0 Å². The van der Waals surface area contributed by atoms with Crippen LogP contribution in [0.4, 0.5) is 4.39 Å². The zero-order chi connectivity index (χ0) is 18.2. The van der Waals surface area contributed by atoms with Crippen LogP contribution in [-0.4, -0.2) is 23.5 Å². The number of primary amides is 1.